The lowest BCUT2D eigenvalue weighted by Crippen LogP contribution is -2.61. The number of halogens is 4. The first kappa shape index (κ1) is 27.5. The number of nitrogens with zero attached hydrogens (tertiary/aromatic N) is 3. The second-order valence-corrected chi connectivity index (χ2v) is 11.3. The van der Waals surface area contributed by atoms with Crippen molar-refractivity contribution in [3.63, 3.8) is 0 Å². The molecule has 38 heavy (non-hydrogen) atoms. The van der Waals surface area contributed by atoms with Gasteiger partial charge >= 0.3 is 12.1 Å². The lowest BCUT2D eigenvalue weighted by atomic mass is 9.85. The number of carbonyl (C=O) groups is 2. The van der Waals surface area contributed by atoms with Gasteiger partial charge in [-0.3, -0.25) is 19.4 Å². The van der Waals surface area contributed by atoms with Gasteiger partial charge in [0.2, 0.25) is 0 Å². The van der Waals surface area contributed by atoms with Crippen LogP contribution in [0.2, 0.25) is 5.02 Å². The summed E-state index contributed by atoms with van der Waals surface area (Å²) in [5.74, 6) is -0.753. The van der Waals surface area contributed by atoms with Crippen molar-refractivity contribution in [3.8, 4) is 5.75 Å². The molecule has 3 heterocycles. The molecule has 2 saturated heterocycles. The number of benzene rings is 1. The average molecular weight is 560 g/mol. The summed E-state index contributed by atoms with van der Waals surface area (Å²) >= 11 is 6.07. The van der Waals surface area contributed by atoms with Crippen molar-refractivity contribution in [3.05, 3.63) is 28.3 Å². The minimum Gasteiger partial charge on any atom is -0.481 e. The Morgan fingerprint density at radius 1 is 1.21 bits per heavy atom. The predicted molar refractivity (Wildman–Crippen MR) is 132 cm³/mol. The maximum atomic E-state index is 13.8. The summed E-state index contributed by atoms with van der Waals surface area (Å²) < 4.78 is 52.1. The number of ether oxygens (including phenoxy) is 2. The van der Waals surface area contributed by atoms with Gasteiger partial charge in [0, 0.05) is 43.8 Å². The summed E-state index contributed by atoms with van der Waals surface area (Å²) in [5, 5.41) is 8.87. The van der Waals surface area contributed by atoms with Crippen LogP contribution in [0.4, 0.5) is 13.2 Å². The van der Waals surface area contributed by atoms with Crippen molar-refractivity contribution in [1.82, 2.24) is 14.7 Å². The van der Waals surface area contributed by atoms with Crippen LogP contribution in [0.15, 0.2) is 12.1 Å². The van der Waals surface area contributed by atoms with Crippen LogP contribution in [0.1, 0.15) is 50.2 Å². The van der Waals surface area contributed by atoms with Crippen molar-refractivity contribution >= 4 is 23.5 Å². The third-order valence-electron chi connectivity index (χ3n) is 8.37. The topological polar surface area (TPSA) is 82.6 Å². The molecule has 8 nitrogen and oxygen atoms in total. The fourth-order valence-electron chi connectivity index (χ4n) is 6.10. The van der Waals surface area contributed by atoms with Crippen LogP contribution in [0.25, 0.3) is 0 Å². The maximum Gasteiger partial charge on any atom is 0.416 e. The number of amides is 1. The minimum atomic E-state index is -4.55. The molecule has 0 spiro atoms. The Labute approximate surface area is 224 Å². The van der Waals surface area contributed by atoms with Gasteiger partial charge in [-0.15, -0.1) is 0 Å². The van der Waals surface area contributed by atoms with Crippen LogP contribution in [-0.2, 0) is 27.0 Å². The van der Waals surface area contributed by atoms with Crippen LogP contribution in [-0.4, -0.2) is 88.9 Å². The van der Waals surface area contributed by atoms with E-state index in [9.17, 15) is 22.8 Å². The molecular formula is C26H33ClF3N3O5. The second-order valence-electron chi connectivity index (χ2n) is 10.9. The number of hydrogen-bond acceptors (Lipinski definition) is 6. The Balaban J connectivity index is 1.24. The summed E-state index contributed by atoms with van der Waals surface area (Å²) in [4.78, 5) is 30.8. The molecule has 0 radical (unpaired) electrons. The molecule has 1 N–H and O–H groups in total. The molecule has 1 aromatic rings. The molecule has 1 aromatic carbocycles. The first-order chi connectivity index (χ1) is 18.0. The van der Waals surface area contributed by atoms with E-state index in [2.05, 4.69) is 16.7 Å². The lowest BCUT2D eigenvalue weighted by Gasteiger charge is -2.48. The standard InChI is InChI=1S/C26H33ClF3N3O5/c1-16-12-32(9-8-31(16)7-5-22(34)35)20-4-6-25(38-14-20,18-2-3-18)24(36)33-13-17-10-19(26(28,29)30)11-21(27)23(17)37-15-33/h10-11,16,18,20H,2-9,12-15H2,1H3,(H,34,35)/t16-,20+,25-/m0/s1. The maximum absolute atomic E-state index is 13.8. The molecule has 1 amide bonds. The van der Waals surface area contributed by atoms with E-state index in [4.69, 9.17) is 26.2 Å². The molecule has 5 rings (SSSR count). The zero-order chi connectivity index (χ0) is 27.2. The number of piperazine rings is 1. The molecule has 3 atom stereocenters. The second kappa shape index (κ2) is 10.5. The summed E-state index contributed by atoms with van der Waals surface area (Å²) in [7, 11) is 0. The first-order valence-corrected chi connectivity index (χ1v) is 13.5. The van der Waals surface area contributed by atoms with Crippen LogP contribution in [0, 0.1) is 5.92 Å². The van der Waals surface area contributed by atoms with Gasteiger partial charge in [-0.05, 0) is 50.7 Å². The fourth-order valence-corrected chi connectivity index (χ4v) is 6.39. The Morgan fingerprint density at radius 2 is 1.97 bits per heavy atom. The third-order valence-corrected chi connectivity index (χ3v) is 8.65. The molecular weight excluding hydrogens is 527 g/mol. The molecule has 3 fully saturated rings. The number of fused-ring (bicyclic) bond motifs is 1. The number of carboxylic acids is 1. The fraction of sp³-hybridized carbons (Fsp3) is 0.692. The van der Waals surface area contributed by atoms with Crippen molar-refractivity contribution in [2.24, 2.45) is 5.92 Å². The highest BCUT2D eigenvalue weighted by Gasteiger charge is 2.56. The van der Waals surface area contributed by atoms with Gasteiger partial charge in [0.25, 0.3) is 5.91 Å². The van der Waals surface area contributed by atoms with E-state index in [1.807, 2.05) is 0 Å². The minimum absolute atomic E-state index is 0.0190. The molecule has 3 aliphatic heterocycles. The highest BCUT2D eigenvalue weighted by molar-refractivity contribution is 6.32. The van der Waals surface area contributed by atoms with E-state index >= 15 is 0 Å². The lowest BCUT2D eigenvalue weighted by molar-refractivity contribution is -0.181. The number of hydrogen-bond donors (Lipinski definition) is 1. The molecule has 4 aliphatic rings. The number of carboxylic acid groups (broad SMARTS) is 1. The molecule has 0 unspecified atom stereocenters. The summed E-state index contributed by atoms with van der Waals surface area (Å²) in [6.07, 6.45) is -1.35. The SMILES string of the molecule is C[C@H]1CN([C@@H]2CC[C@@](C(=O)N3COc4c(Cl)cc(C(F)(F)F)cc4C3)(C3CC3)OC2)CCN1CCC(=O)O. The third kappa shape index (κ3) is 5.48. The quantitative estimate of drug-likeness (QED) is 0.567. The average Bonchev–Trinajstić information content (AvgIpc) is 3.73. The van der Waals surface area contributed by atoms with Gasteiger partial charge < -0.3 is 19.5 Å². The highest BCUT2D eigenvalue weighted by atomic mass is 35.5. The van der Waals surface area contributed by atoms with Gasteiger partial charge in [-0.1, -0.05) is 11.6 Å². The molecule has 0 bridgehead atoms. The predicted octanol–water partition coefficient (Wildman–Crippen LogP) is 3.85. The molecule has 12 heteroatoms. The van der Waals surface area contributed by atoms with Crippen LogP contribution < -0.4 is 4.74 Å². The molecule has 1 saturated carbocycles. The number of rotatable bonds is 6. The van der Waals surface area contributed by atoms with Gasteiger partial charge in [0.05, 0.1) is 30.2 Å². The monoisotopic (exact) mass is 559 g/mol. The van der Waals surface area contributed by atoms with Gasteiger partial charge in [0.15, 0.2) is 6.73 Å². The molecule has 1 aliphatic carbocycles. The van der Waals surface area contributed by atoms with Crippen LogP contribution in [0.3, 0.4) is 0 Å². The Kier molecular flexibility index (Phi) is 7.58. The summed E-state index contributed by atoms with van der Waals surface area (Å²) in [5.41, 5.74) is -1.62. The van der Waals surface area contributed by atoms with Crippen molar-refractivity contribution < 1.29 is 37.3 Å². The Morgan fingerprint density at radius 3 is 2.58 bits per heavy atom. The summed E-state index contributed by atoms with van der Waals surface area (Å²) in [6, 6.07) is 2.23. The van der Waals surface area contributed by atoms with Crippen molar-refractivity contribution in [2.45, 2.75) is 69.4 Å². The zero-order valence-electron chi connectivity index (χ0n) is 21.3. The normalized spacial score (nSPS) is 29.0. The number of carbonyl (C=O) groups excluding carboxylic acids is 1. The van der Waals surface area contributed by atoms with E-state index in [0.717, 1.165) is 51.0 Å². The van der Waals surface area contributed by atoms with Gasteiger partial charge in [0.1, 0.15) is 11.4 Å². The van der Waals surface area contributed by atoms with E-state index in [1.165, 1.54) is 4.90 Å². The largest absolute Gasteiger partial charge is 0.481 e. The number of alkyl halides is 3. The zero-order valence-corrected chi connectivity index (χ0v) is 22.1. The van der Waals surface area contributed by atoms with Gasteiger partial charge in [-0.25, -0.2) is 0 Å². The smallest absolute Gasteiger partial charge is 0.416 e. The van der Waals surface area contributed by atoms with Crippen LogP contribution >= 0.6 is 11.6 Å². The van der Waals surface area contributed by atoms with Crippen molar-refractivity contribution in [2.75, 3.05) is 39.5 Å². The Hall–Kier alpha value is -2.08. The highest BCUT2D eigenvalue weighted by Crippen LogP contribution is 2.49. The van der Waals surface area contributed by atoms with E-state index in [0.29, 0.717) is 19.6 Å². The molecule has 210 valence electrons. The van der Waals surface area contributed by atoms with E-state index in [-0.39, 0.29) is 59.9 Å². The van der Waals surface area contributed by atoms with Gasteiger partial charge in [-0.2, -0.15) is 13.2 Å². The number of aliphatic carboxylic acids is 1. The van der Waals surface area contributed by atoms with Crippen LogP contribution in [0.5, 0.6) is 5.75 Å². The summed E-state index contributed by atoms with van der Waals surface area (Å²) in [6.45, 7) is 5.31. The molecule has 0 aromatic heterocycles. The Bertz CT molecular complexity index is 1070. The first-order valence-electron chi connectivity index (χ1n) is 13.1. The van der Waals surface area contributed by atoms with Crippen molar-refractivity contribution in [1.29, 1.82) is 0 Å². The van der Waals surface area contributed by atoms with E-state index in [1.54, 1.807) is 0 Å². The van der Waals surface area contributed by atoms with E-state index < -0.39 is 23.3 Å².